The Labute approximate surface area is 135 Å². The fraction of sp³-hybridized carbons (Fsp3) is 0.333. The van der Waals surface area contributed by atoms with Crippen LogP contribution in [0.15, 0.2) is 47.1 Å². The van der Waals surface area contributed by atoms with Crippen LogP contribution in [-0.4, -0.2) is 18.0 Å². The third-order valence-electron chi connectivity index (χ3n) is 3.48. The molecule has 0 saturated carbocycles. The van der Waals surface area contributed by atoms with E-state index in [1.165, 1.54) is 13.2 Å². The molecule has 2 aromatic rings. The van der Waals surface area contributed by atoms with Crippen LogP contribution in [0.2, 0.25) is 0 Å². The minimum Gasteiger partial charge on any atom is -0.467 e. The molecule has 0 aliphatic rings. The van der Waals surface area contributed by atoms with E-state index in [1.54, 1.807) is 24.3 Å². The smallest absolute Gasteiger partial charge is 0.338 e. The van der Waals surface area contributed by atoms with Gasteiger partial charge in [0.1, 0.15) is 5.76 Å². The summed E-state index contributed by atoms with van der Waals surface area (Å²) >= 11 is 0. The van der Waals surface area contributed by atoms with Gasteiger partial charge >= 0.3 is 5.97 Å². The summed E-state index contributed by atoms with van der Waals surface area (Å²) < 4.78 is 10.3. The molecule has 2 rings (SSSR count). The van der Waals surface area contributed by atoms with E-state index in [1.807, 2.05) is 12.1 Å². The summed E-state index contributed by atoms with van der Waals surface area (Å²) in [7, 11) is 0. The number of furan rings is 1. The summed E-state index contributed by atoms with van der Waals surface area (Å²) in [4.78, 5) is 24.0. The molecule has 0 saturated heterocycles. The zero-order valence-corrected chi connectivity index (χ0v) is 13.5. The van der Waals surface area contributed by atoms with Gasteiger partial charge in [-0.3, -0.25) is 4.79 Å². The quantitative estimate of drug-likeness (QED) is 0.831. The highest BCUT2D eigenvalue weighted by molar-refractivity contribution is 5.92. The van der Waals surface area contributed by atoms with Gasteiger partial charge in [-0.1, -0.05) is 26.0 Å². The molecule has 1 amide bonds. The van der Waals surface area contributed by atoms with Crippen LogP contribution in [0.5, 0.6) is 0 Å². The minimum absolute atomic E-state index is 0.261. The lowest BCUT2D eigenvalue weighted by Gasteiger charge is -2.13. The van der Waals surface area contributed by atoms with Crippen molar-refractivity contribution in [1.29, 1.82) is 0 Å². The molecule has 122 valence electrons. The van der Waals surface area contributed by atoms with Crippen molar-refractivity contribution >= 4 is 11.9 Å². The summed E-state index contributed by atoms with van der Waals surface area (Å²) in [5.41, 5.74) is 1.57. The van der Waals surface area contributed by atoms with Crippen LogP contribution in [0.1, 0.15) is 48.4 Å². The topological polar surface area (TPSA) is 68.5 Å². The molecule has 1 atom stereocenters. The van der Waals surface area contributed by atoms with E-state index in [4.69, 9.17) is 9.15 Å². The molecule has 0 spiro atoms. The van der Waals surface area contributed by atoms with E-state index < -0.39 is 12.1 Å². The molecule has 1 heterocycles. The van der Waals surface area contributed by atoms with Gasteiger partial charge in [0.25, 0.3) is 5.91 Å². The van der Waals surface area contributed by atoms with Gasteiger partial charge in [0.2, 0.25) is 0 Å². The molecule has 0 aliphatic heterocycles. The first-order chi connectivity index (χ1) is 11.0. The van der Waals surface area contributed by atoms with Crippen LogP contribution in [0.25, 0.3) is 0 Å². The Hall–Kier alpha value is -2.56. The second kappa shape index (κ2) is 7.63. The number of carbonyl (C=O) groups excluding carboxylic acids is 2. The van der Waals surface area contributed by atoms with Gasteiger partial charge in [0, 0.05) is 0 Å². The summed E-state index contributed by atoms with van der Waals surface area (Å²) in [5, 5.41) is 2.66. The van der Waals surface area contributed by atoms with E-state index in [9.17, 15) is 9.59 Å². The molecular formula is C18H21NO4. The van der Waals surface area contributed by atoms with Gasteiger partial charge in [-0.05, 0) is 42.7 Å². The van der Waals surface area contributed by atoms with Crippen LogP contribution >= 0.6 is 0 Å². The lowest BCUT2D eigenvalue weighted by Crippen LogP contribution is -2.35. The van der Waals surface area contributed by atoms with Crippen LogP contribution in [0.3, 0.4) is 0 Å². The largest absolute Gasteiger partial charge is 0.467 e. The third-order valence-corrected chi connectivity index (χ3v) is 3.48. The van der Waals surface area contributed by atoms with Gasteiger partial charge in [-0.15, -0.1) is 0 Å². The highest BCUT2D eigenvalue weighted by Crippen LogP contribution is 2.15. The lowest BCUT2D eigenvalue weighted by atomic mass is 10.0. The number of carbonyl (C=O) groups is 2. The van der Waals surface area contributed by atoms with E-state index >= 15 is 0 Å². The van der Waals surface area contributed by atoms with Crippen molar-refractivity contribution in [2.75, 3.05) is 0 Å². The van der Waals surface area contributed by atoms with Gasteiger partial charge in [-0.25, -0.2) is 4.79 Å². The maximum atomic E-state index is 12.1. The predicted octanol–water partition coefficient (Wildman–Crippen LogP) is 3.26. The summed E-state index contributed by atoms with van der Waals surface area (Å²) in [5.74, 6) is 0.155. The number of ether oxygens (including phenoxy) is 1. The molecule has 0 radical (unpaired) electrons. The number of esters is 1. The second-order valence-corrected chi connectivity index (χ2v) is 5.62. The van der Waals surface area contributed by atoms with Crippen molar-refractivity contribution in [2.45, 2.75) is 39.3 Å². The summed E-state index contributed by atoms with van der Waals surface area (Å²) in [6.07, 6.45) is 0.661. The fourth-order valence-electron chi connectivity index (χ4n) is 2.02. The number of nitrogens with one attached hydrogen (secondary N) is 1. The van der Waals surface area contributed by atoms with Crippen LogP contribution in [0.4, 0.5) is 0 Å². The molecular weight excluding hydrogens is 294 g/mol. The van der Waals surface area contributed by atoms with Crippen molar-refractivity contribution in [3.8, 4) is 0 Å². The zero-order chi connectivity index (χ0) is 16.8. The molecule has 23 heavy (non-hydrogen) atoms. The number of rotatable bonds is 6. The second-order valence-electron chi connectivity index (χ2n) is 5.62. The molecule has 5 nitrogen and oxygen atoms in total. The van der Waals surface area contributed by atoms with Gasteiger partial charge < -0.3 is 14.5 Å². The zero-order valence-electron chi connectivity index (χ0n) is 13.5. The molecule has 5 heteroatoms. The summed E-state index contributed by atoms with van der Waals surface area (Å²) in [6, 6.07) is 10.7. The number of hydrogen-bond donors (Lipinski definition) is 1. The Morgan fingerprint density at radius 3 is 2.39 bits per heavy atom. The lowest BCUT2D eigenvalue weighted by molar-refractivity contribution is -0.129. The highest BCUT2D eigenvalue weighted by Gasteiger charge is 2.19. The van der Waals surface area contributed by atoms with E-state index in [0.29, 0.717) is 17.2 Å². The van der Waals surface area contributed by atoms with Crippen LogP contribution < -0.4 is 5.32 Å². The Morgan fingerprint density at radius 2 is 1.83 bits per heavy atom. The Bertz CT molecular complexity index is 644. The molecule has 1 aromatic carbocycles. The number of benzene rings is 1. The number of hydrogen-bond acceptors (Lipinski definition) is 4. The van der Waals surface area contributed by atoms with E-state index in [0.717, 1.165) is 5.56 Å². The molecule has 0 fully saturated rings. The third kappa shape index (κ3) is 4.71. The average molecular weight is 315 g/mol. The SMILES string of the molecule is CC(C)c1ccc(C(=O)O[C@@H](C)C(=O)NCc2ccco2)cc1. The fourth-order valence-corrected chi connectivity index (χ4v) is 2.02. The molecule has 0 aliphatic carbocycles. The number of amides is 1. The van der Waals surface area contributed by atoms with Crippen molar-refractivity contribution in [2.24, 2.45) is 0 Å². The first-order valence-electron chi connectivity index (χ1n) is 7.58. The highest BCUT2D eigenvalue weighted by atomic mass is 16.5. The first kappa shape index (κ1) is 16.8. The Morgan fingerprint density at radius 1 is 1.13 bits per heavy atom. The Kier molecular flexibility index (Phi) is 5.57. The van der Waals surface area contributed by atoms with E-state index in [2.05, 4.69) is 19.2 Å². The Balaban J connectivity index is 1.87. The summed E-state index contributed by atoms with van der Waals surface area (Å²) in [6.45, 7) is 5.96. The normalized spacial score (nSPS) is 12.0. The first-order valence-corrected chi connectivity index (χ1v) is 7.58. The standard InChI is InChI=1S/C18H21NO4/c1-12(2)14-6-8-15(9-7-14)18(21)23-13(3)17(20)19-11-16-5-4-10-22-16/h4-10,12-13H,11H2,1-3H3,(H,19,20)/t13-/m0/s1. The maximum absolute atomic E-state index is 12.1. The maximum Gasteiger partial charge on any atom is 0.338 e. The van der Waals surface area contributed by atoms with Crippen molar-refractivity contribution in [1.82, 2.24) is 5.32 Å². The van der Waals surface area contributed by atoms with Crippen molar-refractivity contribution in [3.63, 3.8) is 0 Å². The monoisotopic (exact) mass is 315 g/mol. The van der Waals surface area contributed by atoms with E-state index in [-0.39, 0.29) is 12.5 Å². The molecule has 0 bridgehead atoms. The van der Waals surface area contributed by atoms with Crippen LogP contribution in [0, 0.1) is 0 Å². The van der Waals surface area contributed by atoms with Crippen molar-refractivity contribution < 1.29 is 18.7 Å². The minimum atomic E-state index is -0.873. The van der Waals surface area contributed by atoms with Gasteiger partial charge in [-0.2, -0.15) is 0 Å². The van der Waals surface area contributed by atoms with Crippen molar-refractivity contribution in [3.05, 3.63) is 59.5 Å². The van der Waals surface area contributed by atoms with Gasteiger partial charge in [0.15, 0.2) is 6.10 Å². The molecule has 0 unspecified atom stereocenters. The molecule has 1 aromatic heterocycles. The molecule has 1 N–H and O–H groups in total. The predicted molar refractivity (Wildman–Crippen MR) is 86.0 cm³/mol. The van der Waals surface area contributed by atoms with Gasteiger partial charge in [0.05, 0.1) is 18.4 Å². The van der Waals surface area contributed by atoms with Crippen LogP contribution in [-0.2, 0) is 16.1 Å². The average Bonchev–Trinajstić information content (AvgIpc) is 3.05.